The van der Waals surface area contributed by atoms with Crippen LogP contribution in [0.4, 0.5) is 5.13 Å². The SMILES string of the molecule is Cc1nsc(N2CC3CNCC3C2C)n1. The lowest BCUT2D eigenvalue weighted by molar-refractivity contribution is 0.471. The number of anilines is 1. The van der Waals surface area contributed by atoms with Crippen molar-refractivity contribution in [2.45, 2.75) is 19.9 Å². The highest BCUT2D eigenvalue weighted by Crippen LogP contribution is 2.36. The largest absolute Gasteiger partial charge is 0.343 e. The minimum absolute atomic E-state index is 0.609. The lowest BCUT2D eigenvalue weighted by Crippen LogP contribution is -2.33. The molecule has 0 bridgehead atoms. The molecule has 3 heterocycles. The summed E-state index contributed by atoms with van der Waals surface area (Å²) < 4.78 is 4.26. The summed E-state index contributed by atoms with van der Waals surface area (Å²) in [7, 11) is 0. The summed E-state index contributed by atoms with van der Waals surface area (Å²) in [4.78, 5) is 6.91. The van der Waals surface area contributed by atoms with Crippen LogP contribution in [-0.2, 0) is 0 Å². The number of nitrogens with zero attached hydrogens (tertiary/aromatic N) is 3. The fourth-order valence-corrected chi connectivity index (χ4v) is 3.60. The molecule has 1 aromatic rings. The lowest BCUT2D eigenvalue weighted by atomic mass is 9.95. The first kappa shape index (κ1) is 9.54. The predicted octanol–water partition coefficient (Wildman–Crippen LogP) is 0.891. The minimum atomic E-state index is 0.609. The zero-order chi connectivity index (χ0) is 10.4. The van der Waals surface area contributed by atoms with E-state index < -0.39 is 0 Å². The van der Waals surface area contributed by atoms with Crippen LogP contribution >= 0.6 is 11.5 Å². The Morgan fingerprint density at radius 1 is 1.47 bits per heavy atom. The van der Waals surface area contributed by atoms with Gasteiger partial charge in [0, 0.05) is 37.2 Å². The van der Waals surface area contributed by atoms with Crippen LogP contribution in [-0.4, -0.2) is 35.0 Å². The fourth-order valence-electron chi connectivity index (χ4n) is 2.82. The number of rotatable bonds is 1. The molecule has 3 atom stereocenters. The summed E-state index contributed by atoms with van der Waals surface area (Å²) in [6, 6.07) is 0.609. The highest BCUT2D eigenvalue weighted by atomic mass is 32.1. The van der Waals surface area contributed by atoms with Crippen molar-refractivity contribution < 1.29 is 0 Å². The van der Waals surface area contributed by atoms with E-state index in [4.69, 9.17) is 0 Å². The molecule has 0 aliphatic carbocycles. The van der Waals surface area contributed by atoms with E-state index >= 15 is 0 Å². The Bertz CT molecular complexity index is 364. The standard InChI is InChI=1S/C10H16N4S/c1-6-9-4-11-3-8(9)5-14(6)10-12-7(2)13-15-10/h6,8-9,11H,3-5H2,1-2H3. The van der Waals surface area contributed by atoms with Gasteiger partial charge in [-0.2, -0.15) is 4.37 Å². The summed E-state index contributed by atoms with van der Waals surface area (Å²) in [5, 5.41) is 4.58. The van der Waals surface area contributed by atoms with Gasteiger partial charge in [-0.05, 0) is 25.7 Å². The van der Waals surface area contributed by atoms with E-state index in [1.165, 1.54) is 24.6 Å². The topological polar surface area (TPSA) is 41.1 Å². The van der Waals surface area contributed by atoms with Crippen LogP contribution in [0.5, 0.6) is 0 Å². The molecule has 2 aliphatic rings. The summed E-state index contributed by atoms with van der Waals surface area (Å²) in [6.07, 6.45) is 0. The molecule has 0 radical (unpaired) electrons. The van der Waals surface area contributed by atoms with Gasteiger partial charge in [0.1, 0.15) is 5.82 Å². The quantitative estimate of drug-likeness (QED) is 0.769. The number of hydrogen-bond donors (Lipinski definition) is 1. The second-order valence-electron chi connectivity index (χ2n) is 4.60. The van der Waals surface area contributed by atoms with Crippen molar-refractivity contribution in [3.8, 4) is 0 Å². The molecule has 15 heavy (non-hydrogen) atoms. The molecule has 82 valence electrons. The maximum Gasteiger partial charge on any atom is 0.205 e. The number of aryl methyl sites for hydroxylation is 1. The van der Waals surface area contributed by atoms with Crippen LogP contribution in [0.15, 0.2) is 0 Å². The van der Waals surface area contributed by atoms with Crippen molar-refractivity contribution in [3.05, 3.63) is 5.82 Å². The molecule has 2 aliphatic heterocycles. The summed E-state index contributed by atoms with van der Waals surface area (Å²) in [5.74, 6) is 2.51. The molecule has 3 rings (SSSR count). The molecule has 1 aromatic heterocycles. The first-order chi connectivity index (χ1) is 7.25. The van der Waals surface area contributed by atoms with Gasteiger partial charge in [-0.3, -0.25) is 0 Å². The van der Waals surface area contributed by atoms with Crippen molar-refractivity contribution in [1.82, 2.24) is 14.7 Å². The number of aromatic nitrogens is 2. The molecule has 0 aromatic carbocycles. The Hall–Kier alpha value is -0.680. The van der Waals surface area contributed by atoms with E-state index in [0.717, 1.165) is 29.3 Å². The number of fused-ring (bicyclic) bond motifs is 1. The van der Waals surface area contributed by atoms with E-state index in [1.807, 2.05) is 6.92 Å². The molecule has 0 spiro atoms. The molecule has 3 unspecified atom stereocenters. The normalized spacial score (nSPS) is 34.8. The van der Waals surface area contributed by atoms with E-state index in [2.05, 4.69) is 26.5 Å². The Labute approximate surface area is 93.9 Å². The Balaban J connectivity index is 1.84. The third kappa shape index (κ3) is 1.45. The van der Waals surface area contributed by atoms with Crippen LogP contribution in [0.3, 0.4) is 0 Å². The average Bonchev–Trinajstić information content (AvgIpc) is 2.84. The van der Waals surface area contributed by atoms with Crippen molar-refractivity contribution in [2.24, 2.45) is 11.8 Å². The minimum Gasteiger partial charge on any atom is -0.343 e. The maximum absolute atomic E-state index is 4.48. The van der Waals surface area contributed by atoms with Crippen LogP contribution in [0.2, 0.25) is 0 Å². The van der Waals surface area contributed by atoms with E-state index in [1.54, 1.807) is 0 Å². The van der Waals surface area contributed by atoms with Gasteiger partial charge < -0.3 is 10.2 Å². The predicted molar refractivity (Wildman–Crippen MR) is 61.3 cm³/mol. The van der Waals surface area contributed by atoms with E-state index in [-0.39, 0.29) is 0 Å². The van der Waals surface area contributed by atoms with Crippen molar-refractivity contribution in [2.75, 3.05) is 24.5 Å². The van der Waals surface area contributed by atoms with Crippen LogP contribution in [0.1, 0.15) is 12.7 Å². The van der Waals surface area contributed by atoms with Crippen LogP contribution in [0.25, 0.3) is 0 Å². The number of hydrogen-bond acceptors (Lipinski definition) is 5. The van der Waals surface area contributed by atoms with Crippen molar-refractivity contribution in [1.29, 1.82) is 0 Å². The maximum atomic E-state index is 4.48. The zero-order valence-corrected chi connectivity index (χ0v) is 9.92. The van der Waals surface area contributed by atoms with Gasteiger partial charge in [-0.15, -0.1) is 0 Å². The molecule has 4 nitrogen and oxygen atoms in total. The monoisotopic (exact) mass is 224 g/mol. The molecule has 5 heteroatoms. The number of nitrogens with one attached hydrogen (secondary N) is 1. The van der Waals surface area contributed by atoms with Gasteiger partial charge in [-0.1, -0.05) is 0 Å². The summed E-state index contributed by atoms with van der Waals surface area (Å²) >= 11 is 1.53. The van der Waals surface area contributed by atoms with E-state index in [0.29, 0.717) is 6.04 Å². The van der Waals surface area contributed by atoms with Gasteiger partial charge in [0.25, 0.3) is 0 Å². The van der Waals surface area contributed by atoms with Gasteiger partial charge in [0.15, 0.2) is 0 Å². The molecule has 0 saturated carbocycles. The fraction of sp³-hybridized carbons (Fsp3) is 0.800. The van der Waals surface area contributed by atoms with Gasteiger partial charge in [-0.25, -0.2) is 4.98 Å². The second-order valence-corrected chi connectivity index (χ2v) is 5.33. The summed E-state index contributed by atoms with van der Waals surface area (Å²) in [6.45, 7) is 7.76. The summed E-state index contributed by atoms with van der Waals surface area (Å²) in [5.41, 5.74) is 0. The van der Waals surface area contributed by atoms with Crippen molar-refractivity contribution in [3.63, 3.8) is 0 Å². The Kier molecular flexibility index (Phi) is 2.17. The average molecular weight is 224 g/mol. The Morgan fingerprint density at radius 3 is 3.00 bits per heavy atom. The molecular weight excluding hydrogens is 208 g/mol. The zero-order valence-electron chi connectivity index (χ0n) is 9.10. The Morgan fingerprint density at radius 2 is 2.33 bits per heavy atom. The van der Waals surface area contributed by atoms with Crippen LogP contribution in [0, 0.1) is 18.8 Å². The second kappa shape index (κ2) is 3.42. The van der Waals surface area contributed by atoms with Crippen LogP contribution < -0.4 is 10.2 Å². The highest BCUT2D eigenvalue weighted by molar-refractivity contribution is 7.09. The molecule has 0 amide bonds. The first-order valence-electron chi connectivity index (χ1n) is 5.53. The van der Waals surface area contributed by atoms with Gasteiger partial charge >= 0.3 is 0 Å². The third-order valence-electron chi connectivity index (χ3n) is 3.70. The van der Waals surface area contributed by atoms with Gasteiger partial charge in [0.2, 0.25) is 5.13 Å². The first-order valence-corrected chi connectivity index (χ1v) is 6.30. The molecular formula is C10H16N4S. The highest BCUT2D eigenvalue weighted by Gasteiger charge is 2.42. The lowest BCUT2D eigenvalue weighted by Gasteiger charge is -2.23. The molecule has 2 fully saturated rings. The smallest absolute Gasteiger partial charge is 0.205 e. The van der Waals surface area contributed by atoms with E-state index in [9.17, 15) is 0 Å². The molecule has 1 N–H and O–H groups in total. The van der Waals surface area contributed by atoms with Crippen molar-refractivity contribution >= 4 is 16.7 Å². The third-order valence-corrected chi connectivity index (χ3v) is 4.54. The van der Waals surface area contributed by atoms with Gasteiger partial charge in [0.05, 0.1) is 0 Å². The molecule has 2 saturated heterocycles.